The summed E-state index contributed by atoms with van der Waals surface area (Å²) in [5, 5.41) is 11.1. The highest BCUT2D eigenvalue weighted by Crippen LogP contribution is 2.31. The van der Waals surface area contributed by atoms with Crippen LogP contribution in [0.3, 0.4) is 0 Å². The Labute approximate surface area is 170 Å². The summed E-state index contributed by atoms with van der Waals surface area (Å²) in [5.41, 5.74) is 2.79. The van der Waals surface area contributed by atoms with E-state index in [0.717, 1.165) is 23.0 Å². The number of aromatic nitrogens is 2. The van der Waals surface area contributed by atoms with E-state index in [1.54, 1.807) is 50.6 Å². The molecule has 0 fully saturated rings. The van der Waals surface area contributed by atoms with E-state index in [1.165, 1.54) is 0 Å². The monoisotopic (exact) mass is 411 g/mol. The molecule has 29 heavy (non-hydrogen) atoms. The molecule has 3 aromatic rings. The number of methoxy groups -OCH3 is 2. The minimum atomic E-state index is -0.0834. The smallest absolute Gasteiger partial charge is 0.277 e. The van der Waals surface area contributed by atoms with E-state index in [2.05, 4.69) is 15.5 Å². The number of carbonyl (C=O) groups excluding carboxylic acids is 2. The first-order valence-electron chi connectivity index (χ1n) is 8.71. The third-order valence-corrected chi connectivity index (χ3v) is 5.20. The van der Waals surface area contributed by atoms with Crippen LogP contribution in [0.5, 0.6) is 11.5 Å². The number of amides is 1. The number of Topliss-reactive ketones (excluding diaryl/α,β-unsaturated/α-hetero) is 1. The molecule has 2 aromatic carbocycles. The number of thioether (sulfide) groups is 1. The fourth-order valence-corrected chi connectivity index (χ4v) is 3.59. The fourth-order valence-electron chi connectivity index (χ4n) is 2.93. The Bertz CT molecular complexity index is 1070. The van der Waals surface area contributed by atoms with Crippen molar-refractivity contribution in [1.29, 1.82) is 0 Å². The van der Waals surface area contributed by atoms with Crippen molar-refractivity contribution in [2.45, 2.75) is 11.6 Å². The number of fused-ring (bicyclic) bond motifs is 1. The van der Waals surface area contributed by atoms with Crippen molar-refractivity contribution < 1.29 is 23.5 Å². The first kappa shape index (κ1) is 19.0. The van der Waals surface area contributed by atoms with Crippen molar-refractivity contribution in [3.8, 4) is 23.0 Å². The second-order valence-corrected chi connectivity index (χ2v) is 7.21. The van der Waals surface area contributed by atoms with Crippen LogP contribution in [0.25, 0.3) is 11.5 Å². The molecule has 8 nitrogen and oxygen atoms in total. The summed E-state index contributed by atoms with van der Waals surface area (Å²) >= 11 is 1.16. The van der Waals surface area contributed by atoms with Crippen molar-refractivity contribution in [3.63, 3.8) is 0 Å². The predicted molar refractivity (Wildman–Crippen MR) is 107 cm³/mol. The molecular weight excluding hydrogens is 394 g/mol. The number of benzene rings is 2. The topological polar surface area (TPSA) is 104 Å². The third-order valence-electron chi connectivity index (χ3n) is 4.38. The van der Waals surface area contributed by atoms with E-state index in [-0.39, 0.29) is 22.7 Å². The number of rotatable bonds is 7. The van der Waals surface area contributed by atoms with Crippen LogP contribution in [0.4, 0.5) is 5.69 Å². The van der Waals surface area contributed by atoms with E-state index >= 15 is 0 Å². The molecule has 1 aliphatic rings. The predicted octanol–water partition coefficient (Wildman–Crippen LogP) is 3.22. The number of hydrogen-bond donors (Lipinski definition) is 1. The molecule has 0 aliphatic carbocycles. The minimum Gasteiger partial charge on any atom is -0.497 e. The Morgan fingerprint density at radius 1 is 1.14 bits per heavy atom. The van der Waals surface area contributed by atoms with E-state index in [1.807, 2.05) is 0 Å². The lowest BCUT2D eigenvalue weighted by atomic mass is 10.1. The summed E-state index contributed by atoms with van der Waals surface area (Å²) in [4.78, 5) is 23.9. The zero-order valence-electron chi connectivity index (χ0n) is 15.7. The highest BCUT2D eigenvalue weighted by atomic mass is 32.2. The van der Waals surface area contributed by atoms with Gasteiger partial charge in [0.05, 0.1) is 26.4 Å². The maximum absolute atomic E-state index is 12.5. The van der Waals surface area contributed by atoms with Gasteiger partial charge in [0.2, 0.25) is 11.8 Å². The van der Waals surface area contributed by atoms with Crippen molar-refractivity contribution in [1.82, 2.24) is 10.2 Å². The molecule has 9 heteroatoms. The first-order chi connectivity index (χ1) is 14.1. The van der Waals surface area contributed by atoms with Gasteiger partial charge < -0.3 is 19.2 Å². The SMILES string of the molecule is COc1cc(OC)cc(-c2nnc(SCC(=O)c3ccc4c(c3)CC(=O)N4)o2)c1. The molecule has 0 saturated heterocycles. The molecule has 0 unspecified atom stereocenters. The van der Waals surface area contributed by atoms with Crippen LogP contribution in [0.15, 0.2) is 46.0 Å². The molecule has 1 N–H and O–H groups in total. The molecule has 0 saturated carbocycles. The highest BCUT2D eigenvalue weighted by molar-refractivity contribution is 7.99. The van der Waals surface area contributed by atoms with E-state index < -0.39 is 0 Å². The average molecular weight is 411 g/mol. The van der Waals surface area contributed by atoms with Gasteiger partial charge in [-0.25, -0.2) is 0 Å². The van der Waals surface area contributed by atoms with Crippen LogP contribution < -0.4 is 14.8 Å². The molecule has 0 radical (unpaired) electrons. The lowest BCUT2D eigenvalue weighted by Crippen LogP contribution is -2.03. The average Bonchev–Trinajstić information content (AvgIpc) is 3.36. The highest BCUT2D eigenvalue weighted by Gasteiger charge is 2.20. The Morgan fingerprint density at radius 3 is 2.62 bits per heavy atom. The molecular formula is C20H17N3O5S. The number of ether oxygens (including phenoxy) is 2. The van der Waals surface area contributed by atoms with Gasteiger partial charge in [0.1, 0.15) is 11.5 Å². The lowest BCUT2D eigenvalue weighted by molar-refractivity contribution is -0.115. The molecule has 1 aliphatic heterocycles. The summed E-state index contributed by atoms with van der Waals surface area (Å²) < 4.78 is 16.2. The van der Waals surface area contributed by atoms with Gasteiger partial charge >= 0.3 is 0 Å². The Balaban J connectivity index is 1.44. The normalized spacial score (nSPS) is 12.4. The van der Waals surface area contributed by atoms with Gasteiger partial charge in [0.15, 0.2) is 5.78 Å². The number of carbonyl (C=O) groups is 2. The Kier molecular flexibility index (Phi) is 5.22. The van der Waals surface area contributed by atoms with Crippen LogP contribution in [0.2, 0.25) is 0 Å². The first-order valence-corrected chi connectivity index (χ1v) is 9.70. The molecule has 1 amide bonds. The van der Waals surface area contributed by atoms with E-state index in [4.69, 9.17) is 13.9 Å². The van der Waals surface area contributed by atoms with Crippen molar-refractivity contribution in [2.75, 3.05) is 25.3 Å². The van der Waals surface area contributed by atoms with Crippen LogP contribution in [-0.2, 0) is 11.2 Å². The van der Waals surface area contributed by atoms with Crippen molar-refractivity contribution in [2.24, 2.45) is 0 Å². The lowest BCUT2D eigenvalue weighted by Gasteiger charge is -2.05. The van der Waals surface area contributed by atoms with Gasteiger partial charge in [0.25, 0.3) is 5.22 Å². The number of anilines is 1. The van der Waals surface area contributed by atoms with Gasteiger partial charge in [-0.1, -0.05) is 11.8 Å². The number of ketones is 1. The molecule has 0 spiro atoms. The second kappa shape index (κ2) is 7.96. The third kappa shape index (κ3) is 4.09. The fraction of sp³-hybridized carbons (Fsp3) is 0.200. The molecule has 148 valence electrons. The largest absolute Gasteiger partial charge is 0.497 e. The quantitative estimate of drug-likeness (QED) is 0.467. The van der Waals surface area contributed by atoms with Gasteiger partial charge in [0, 0.05) is 22.9 Å². The van der Waals surface area contributed by atoms with Crippen LogP contribution >= 0.6 is 11.8 Å². The van der Waals surface area contributed by atoms with Crippen LogP contribution in [-0.4, -0.2) is 41.9 Å². The molecule has 0 atom stereocenters. The maximum atomic E-state index is 12.5. The van der Waals surface area contributed by atoms with E-state index in [0.29, 0.717) is 34.9 Å². The van der Waals surface area contributed by atoms with Crippen LogP contribution in [0, 0.1) is 0 Å². The van der Waals surface area contributed by atoms with Gasteiger partial charge in [-0.2, -0.15) is 0 Å². The second-order valence-electron chi connectivity index (χ2n) is 6.28. The molecule has 4 rings (SSSR count). The number of nitrogens with one attached hydrogen (secondary N) is 1. The molecule has 1 aromatic heterocycles. The summed E-state index contributed by atoms with van der Waals surface area (Å²) in [6.07, 6.45) is 0.292. The summed E-state index contributed by atoms with van der Waals surface area (Å²) in [6, 6.07) is 10.5. The Morgan fingerprint density at radius 2 is 1.90 bits per heavy atom. The molecule has 2 heterocycles. The zero-order chi connectivity index (χ0) is 20.4. The van der Waals surface area contributed by atoms with Gasteiger partial charge in [-0.05, 0) is 35.9 Å². The van der Waals surface area contributed by atoms with Crippen molar-refractivity contribution in [3.05, 3.63) is 47.5 Å². The van der Waals surface area contributed by atoms with Gasteiger partial charge in [-0.3, -0.25) is 9.59 Å². The summed E-state index contributed by atoms with van der Waals surface area (Å²) in [5.74, 6) is 1.51. The Hall–Kier alpha value is -3.33. The molecule has 0 bridgehead atoms. The number of hydrogen-bond acceptors (Lipinski definition) is 8. The van der Waals surface area contributed by atoms with Gasteiger partial charge in [-0.15, -0.1) is 10.2 Å². The maximum Gasteiger partial charge on any atom is 0.277 e. The summed E-state index contributed by atoms with van der Waals surface area (Å²) in [7, 11) is 3.12. The summed E-state index contributed by atoms with van der Waals surface area (Å²) in [6.45, 7) is 0. The zero-order valence-corrected chi connectivity index (χ0v) is 16.5. The standard InChI is InChI=1S/C20H17N3O5S/c1-26-14-6-13(7-15(9-14)27-2)19-22-23-20(28-19)29-10-17(24)11-3-4-16-12(5-11)8-18(25)21-16/h3-7,9H,8,10H2,1-2H3,(H,21,25). The number of nitrogens with zero attached hydrogens (tertiary/aromatic N) is 2. The van der Waals surface area contributed by atoms with E-state index in [9.17, 15) is 9.59 Å². The minimum absolute atomic E-state index is 0.0634. The van der Waals surface area contributed by atoms with Crippen molar-refractivity contribution >= 4 is 29.1 Å². The van der Waals surface area contributed by atoms with Crippen LogP contribution in [0.1, 0.15) is 15.9 Å².